The van der Waals surface area contributed by atoms with Gasteiger partial charge in [0.25, 0.3) is 0 Å². The van der Waals surface area contributed by atoms with E-state index < -0.39 is 0 Å². The number of ether oxygens (including phenoxy) is 1. The van der Waals surface area contributed by atoms with Crippen LogP contribution < -0.4 is 0 Å². The number of nitrogens with zero attached hydrogens (tertiary/aromatic N) is 1. The van der Waals surface area contributed by atoms with Gasteiger partial charge in [-0.1, -0.05) is 111 Å². The minimum Gasteiger partial charge on any atom is -0.465 e. The monoisotopic (exact) mass is 453 g/mol. The van der Waals surface area contributed by atoms with Crippen LogP contribution in [0.1, 0.15) is 150 Å². The quantitative estimate of drug-likeness (QED) is 0.102. The third kappa shape index (κ3) is 21.3. The van der Waals surface area contributed by atoms with Crippen LogP contribution in [0.4, 0.5) is 0 Å². The lowest BCUT2D eigenvalue weighted by Gasteiger charge is -2.19. The molecule has 1 unspecified atom stereocenters. The summed E-state index contributed by atoms with van der Waals surface area (Å²) in [5.41, 5.74) is 0. The SMILES string of the molecule is CCCCCCCCCC(CCCC)COC(=O)CCCCCCCN(CC)CCCC. The third-order valence-corrected chi connectivity index (χ3v) is 6.79. The molecule has 0 aliphatic heterocycles. The molecule has 0 heterocycles. The molecule has 0 bridgehead atoms. The maximum atomic E-state index is 12.2. The lowest BCUT2D eigenvalue weighted by Crippen LogP contribution is -2.25. The fourth-order valence-corrected chi connectivity index (χ4v) is 4.42. The van der Waals surface area contributed by atoms with Gasteiger partial charge in [-0.3, -0.25) is 4.79 Å². The standard InChI is InChI=1S/C29H59NO2/c1-5-9-12-13-14-16-19-23-28(22-10-6-2)27-32-29(31)24-20-17-15-18-21-26-30(8-4)25-11-7-3/h28H,5-27H2,1-4H3. The van der Waals surface area contributed by atoms with Crippen molar-refractivity contribution in [3.63, 3.8) is 0 Å². The van der Waals surface area contributed by atoms with Crippen molar-refractivity contribution in [2.24, 2.45) is 5.92 Å². The van der Waals surface area contributed by atoms with Gasteiger partial charge in [0.05, 0.1) is 6.61 Å². The molecule has 0 aromatic rings. The Morgan fingerprint density at radius 2 is 1.16 bits per heavy atom. The van der Waals surface area contributed by atoms with Crippen LogP contribution in [0.3, 0.4) is 0 Å². The third-order valence-electron chi connectivity index (χ3n) is 6.79. The first kappa shape index (κ1) is 31.4. The summed E-state index contributed by atoms with van der Waals surface area (Å²) in [6, 6.07) is 0. The van der Waals surface area contributed by atoms with Crippen LogP contribution >= 0.6 is 0 Å². The van der Waals surface area contributed by atoms with Crippen molar-refractivity contribution in [2.45, 2.75) is 150 Å². The van der Waals surface area contributed by atoms with E-state index in [0.717, 1.165) is 12.8 Å². The lowest BCUT2D eigenvalue weighted by atomic mass is 9.95. The molecule has 0 aliphatic carbocycles. The number of rotatable bonds is 25. The Balaban J connectivity index is 3.77. The number of carbonyl (C=O) groups is 1. The molecule has 0 aromatic carbocycles. The van der Waals surface area contributed by atoms with Crippen molar-refractivity contribution in [2.75, 3.05) is 26.2 Å². The zero-order valence-corrected chi connectivity index (χ0v) is 22.6. The van der Waals surface area contributed by atoms with E-state index in [2.05, 4.69) is 32.6 Å². The van der Waals surface area contributed by atoms with Gasteiger partial charge in [0, 0.05) is 6.42 Å². The fourth-order valence-electron chi connectivity index (χ4n) is 4.42. The first-order chi connectivity index (χ1) is 15.7. The summed E-state index contributed by atoms with van der Waals surface area (Å²) in [7, 11) is 0. The Bertz CT molecular complexity index is 385. The summed E-state index contributed by atoms with van der Waals surface area (Å²) in [5, 5.41) is 0. The molecule has 0 spiro atoms. The first-order valence-corrected chi connectivity index (χ1v) is 14.6. The van der Waals surface area contributed by atoms with Gasteiger partial charge in [-0.25, -0.2) is 0 Å². The summed E-state index contributed by atoms with van der Waals surface area (Å²) in [6.07, 6.45) is 23.6. The highest BCUT2D eigenvalue weighted by Crippen LogP contribution is 2.19. The molecular weight excluding hydrogens is 394 g/mol. The molecule has 3 nitrogen and oxygen atoms in total. The van der Waals surface area contributed by atoms with Gasteiger partial charge in [-0.15, -0.1) is 0 Å². The Labute approximate surface area is 202 Å². The Hall–Kier alpha value is -0.570. The van der Waals surface area contributed by atoms with E-state index in [-0.39, 0.29) is 5.97 Å². The molecule has 3 heteroatoms. The normalized spacial score (nSPS) is 12.4. The van der Waals surface area contributed by atoms with E-state index in [9.17, 15) is 4.79 Å². The number of hydrogen-bond donors (Lipinski definition) is 0. The van der Waals surface area contributed by atoms with Crippen LogP contribution in [0, 0.1) is 5.92 Å². The Morgan fingerprint density at radius 3 is 1.81 bits per heavy atom. The van der Waals surface area contributed by atoms with Crippen molar-refractivity contribution in [1.29, 1.82) is 0 Å². The average Bonchev–Trinajstić information content (AvgIpc) is 2.80. The highest BCUT2D eigenvalue weighted by molar-refractivity contribution is 5.69. The van der Waals surface area contributed by atoms with Gasteiger partial charge in [-0.05, 0) is 57.7 Å². The van der Waals surface area contributed by atoms with Crippen LogP contribution in [-0.2, 0) is 9.53 Å². The smallest absolute Gasteiger partial charge is 0.305 e. The largest absolute Gasteiger partial charge is 0.465 e. The topological polar surface area (TPSA) is 29.5 Å². The molecule has 0 aliphatic rings. The van der Waals surface area contributed by atoms with Gasteiger partial charge in [0.2, 0.25) is 0 Å². The lowest BCUT2D eigenvalue weighted by molar-refractivity contribution is -0.145. The van der Waals surface area contributed by atoms with Gasteiger partial charge in [0.15, 0.2) is 0 Å². The minimum atomic E-state index is 0.0304. The minimum absolute atomic E-state index is 0.0304. The van der Waals surface area contributed by atoms with Crippen molar-refractivity contribution in [1.82, 2.24) is 4.90 Å². The summed E-state index contributed by atoms with van der Waals surface area (Å²) >= 11 is 0. The second-order valence-electron chi connectivity index (χ2n) is 9.91. The Morgan fingerprint density at radius 1 is 0.625 bits per heavy atom. The van der Waals surface area contributed by atoms with Crippen LogP contribution in [0.15, 0.2) is 0 Å². The predicted molar refractivity (Wildman–Crippen MR) is 141 cm³/mol. The van der Waals surface area contributed by atoms with Crippen molar-refractivity contribution < 1.29 is 9.53 Å². The van der Waals surface area contributed by atoms with Crippen molar-refractivity contribution >= 4 is 5.97 Å². The zero-order chi connectivity index (χ0) is 23.7. The second-order valence-corrected chi connectivity index (χ2v) is 9.91. The molecule has 32 heavy (non-hydrogen) atoms. The number of esters is 1. The number of carbonyl (C=O) groups excluding carboxylic acids is 1. The summed E-state index contributed by atoms with van der Waals surface area (Å²) < 4.78 is 5.68. The van der Waals surface area contributed by atoms with E-state index in [1.54, 1.807) is 0 Å². The molecule has 0 rings (SSSR count). The zero-order valence-electron chi connectivity index (χ0n) is 22.6. The van der Waals surface area contributed by atoms with E-state index in [4.69, 9.17) is 4.74 Å². The van der Waals surface area contributed by atoms with E-state index in [0.29, 0.717) is 18.9 Å². The van der Waals surface area contributed by atoms with Crippen LogP contribution in [-0.4, -0.2) is 37.1 Å². The average molecular weight is 454 g/mol. The van der Waals surface area contributed by atoms with Gasteiger partial charge >= 0.3 is 5.97 Å². The van der Waals surface area contributed by atoms with E-state index in [1.165, 1.54) is 122 Å². The Kier molecular flexibility index (Phi) is 24.6. The molecule has 192 valence electrons. The number of unbranched alkanes of at least 4 members (excludes halogenated alkanes) is 12. The molecule has 1 atom stereocenters. The number of hydrogen-bond acceptors (Lipinski definition) is 3. The summed E-state index contributed by atoms with van der Waals surface area (Å²) in [4.78, 5) is 14.8. The highest BCUT2D eigenvalue weighted by Gasteiger charge is 2.12. The van der Waals surface area contributed by atoms with E-state index >= 15 is 0 Å². The summed E-state index contributed by atoms with van der Waals surface area (Å²) in [5.74, 6) is 0.603. The molecular formula is C29H59NO2. The highest BCUT2D eigenvalue weighted by atomic mass is 16.5. The maximum Gasteiger partial charge on any atom is 0.305 e. The first-order valence-electron chi connectivity index (χ1n) is 14.6. The fraction of sp³-hybridized carbons (Fsp3) is 0.966. The van der Waals surface area contributed by atoms with Crippen LogP contribution in [0.2, 0.25) is 0 Å². The van der Waals surface area contributed by atoms with Crippen LogP contribution in [0.5, 0.6) is 0 Å². The molecule has 0 N–H and O–H groups in total. The summed E-state index contributed by atoms with van der Waals surface area (Å²) in [6.45, 7) is 13.4. The second kappa shape index (κ2) is 25.1. The predicted octanol–water partition coefficient (Wildman–Crippen LogP) is 8.94. The molecule has 0 saturated heterocycles. The van der Waals surface area contributed by atoms with Gasteiger partial charge in [-0.2, -0.15) is 0 Å². The maximum absolute atomic E-state index is 12.2. The van der Waals surface area contributed by atoms with Crippen molar-refractivity contribution in [3.05, 3.63) is 0 Å². The van der Waals surface area contributed by atoms with Gasteiger partial charge < -0.3 is 9.64 Å². The molecule has 0 radical (unpaired) electrons. The van der Waals surface area contributed by atoms with E-state index in [1.807, 2.05) is 0 Å². The molecule has 0 amide bonds. The molecule has 0 saturated carbocycles. The van der Waals surface area contributed by atoms with Gasteiger partial charge in [0.1, 0.15) is 0 Å². The molecule has 0 aromatic heterocycles. The van der Waals surface area contributed by atoms with Crippen LogP contribution in [0.25, 0.3) is 0 Å². The molecule has 0 fully saturated rings. The van der Waals surface area contributed by atoms with Crippen molar-refractivity contribution in [3.8, 4) is 0 Å².